The van der Waals surface area contributed by atoms with Gasteiger partial charge in [0, 0.05) is 42.8 Å². The second-order valence-corrected chi connectivity index (χ2v) is 8.44. The zero-order valence-corrected chi connectivity index (χ0v) is 18.0. The number of nitrogens with zero attached hydrogens (tertiary/aromatic N) is 6. The number of rotatable bonds is 4. The molecule has 0 aliphatic carbocycles. The Balaban J connectivity index is 1.57. The van der Waals surface area contributed by atoms with Crippen LogP contribution >= 0.6 is 11.3 Å². The molecule has 3 N–H and O–H groups in total. The van der Waals surface area contributed by atoms with Gasteiger partial charge >= 0.3 is 0 Å². The summed E-state index contributed by atoms with van der Waals surface area (Å²) in [6.07, 6.45) is 1.67. The van der Waals surface area contributed by atoms with Crippen LogP contribution in [0, 0.1) is 18.6 Å². The largest absolute Gasteiger partial charge is 0.383 e. The molecule has 3 aromatic heterocycles. The number of nitrogens with two attached hydrogens (primary N) is 1. The number of anilines is 2. The molecule has 0 spiro atoms. The summed E-state index contributed by atoms with van der Waals surface area (Å²) in [6, 6.07) is 6.87. The normalized spacial score (nSPS) is 14.2. The zero-order chi connectivity index (χ0) is 22.2. The number of hydrogen-bond donors (Lipinski definition) is 2. The molecule has 1 saturated heterocycles. The molecule has 4 heterocycles. The van der Waals surface area contributed by atoms with Crippen molar-refractivity contribution in [2.24, 2.45) is 0 Å². The number of aromatic nitrogens is 5. The number of benzene rings is 1. The fourth-order valence-electron chi connectivity index (χ4n) is 3.73. The van der Waals surface area contributed by atoms with Gasteiger partial charge in [0.1, 0.15) is 11.5 Å². The average Bonchev–Trinajstić information content (AvgIpc) is 3.46. The highest BCUT2D eigenvalue weighted by atomic mass is 32.1. The third-order valence-corrected chi connectivity index (χ3v) is 6.47. The molecule has 1 aromatic carbocycles. The SMILES string of the molecule is Cc1csc(-c2cnc(N)c(-c3nnnn3-c3ccc(N4CCNCC4)c(F)c3F)c2)c1. The summed E-state index contributed by atoms with van der Waals surface area (Å²) in [7, 11) is 0. The van der Waals surface area contributed by atoms with Gasteiger partial charge in [-0.2, -0.15) is 4.68 Å². The van der Waals surface area contributed by atoms with E-state index in [0.29, 0.717) is 31.7 Å². The van der Waals surface area contributed by atoms with Gasteiger partial charge in [0.25, 0.3) is 0 Å². The molecule has 11 heteroatoms. The van der Waals surface area contributed by atoms with Crippen LogP contribution in [0.5, 0.6) is 0 Å². The summed E-state index contributed by atoms with van der Waals surface area (Å²) in [5.74, 6) is -1.58. The molecular formula is C21H20F2N8S. The average molecular weight is 455 g/mol. The summed E-state index contributed by atoms with van der Waals surface area (Å²) in [5.41, 5.74) is 8.63. The molecular weight excluding hydrogens is 434 g/mol. The second-order valence-electron chi connectivity index (χ2n) is 7.53. The van der Waals surface area contributed by atoms with Crippen molar-refractivity contribution in [2.45, 2.75) is 6.92 Å². The van der Waals surface area contributed by atoms with Gasteiger partial charge in [-0.1, -0.05) is 0 Å². The highest BCUT2D eigenvalue weighted by Gasteiger charge is 2.24. The summed E-state index contributed by atoms with van der Waals surface area (Å²) in [4.78, 5) is 7.09. The maximum atomic E-state index is 15.1. The van der Waals surface area contributed by atoms with Crippen LogP contribution in [-0.4, -0.2) is 51.4 Å². The predicted octanol–water partition coefficient (Wildman–Crippen LogP) is 3.03. The van der Waals surface area contributed by atoms with Crippen molar-refractivity contribution >= 4 is 22.8 Å². The maximum absolute atomic E-state index is 15.1. The van der Waals surface area contributed by atoms with Gasteiger partial charge in [0.2, 0.25) is 0 Å². The number of halogens is 2. The van der Waals surface area contributed by atoms with E-state index in [1.54, 1.807) is 29.7 Å². The Morgan fingerprint density at radius 3 is 2.59 bits per heavy atom. The molecule has 0 atom stereocenters. The molecule has 32 heavy (non-hydrogen) atoms. The van der Waals surface area contributed by atoms with Crippen LogP contribution in [-0.2, 0) is 0 Å². The standard InChI is InChI=1S/C21H20F2N8S/c1-12-8-17(32-11-12)13-9-14(20(24)26-10-13)21-27-28-29-31(21)16-3-2-15(18(22)19(16)23)30-6-4-25-5-7-30/h2-3,8-11,25H,4-7H2,1H3,(H2,24,26). The van der Waals surface area contributed by atoms with E-state index in [1.165, 1.54) is 6.07 Å². The Hall–Kier alpha value is -3.44. The molecule has 164 valence electrons. The van der Waals surface area contributed by atoms with E-state index >= 15 is 4.39 Å². The molecule has 1 fully saturated rings. The molecule has 0 radical (unpaired) electrons. The van der Waals surface area contributed by atoms with E-state index in [1.807, 2.05) is 23.3 Å². The molecule has 1 aliphatic rings. The maximum Gasteiger partial charge on any atom is 0.190 e. The number of pyridine rings is 1. The van der Waals surface area contributed by atoms with Crippen LogP contribution in [0.3, 0.4) is 0 Å². The Kier molecular flexibility index (Phi) is 5.27. The molecule has 0 unspecified atom stereocenters. The quantitative estimate of drug-likeness (QED) is 0.489. The third kappa shape index (κ3) is 3.59. The van der Waals surface area contributed by atoms with Crippen molar-refractivity contribution in [3.63, 3.8) is 0 Å². The number of thiophene rings is 1. The predicted molar refractivity (Wildman–Crippen MR) is 120 cm³/mol. The van der Waals surface area contributed by atoms with E-state index in [2.05, 4.69) is 25.8 Å². The first-order chi connectivity index (χ1) is 15.5. The van der Waals surface area contributed by atoms with Gasteiger partial charge < -0.3 is 16.0 Å². The van der Waals surface area contributed by atoms with E-state index in [9.17, 15) is 4.39 Å². The zero-order valence-electron chi connectivity index (χ0n) is 17.2. The molecule has 0 bridgehead atoms. The number of piperazine rings is 1. The van der Waals surface area contributed by atoms with E-state index in [4.69, 9.17) is 5.73 Å². The van der Waals surface area contributed by atoms with Crippen molar-refractivity contribution in [2.75, 3.05) is 36.8 Å². The van der Waals surface area contributed by atoms with Crippen molar-refractivity contribution in [1.29, 1.82) is 0 Å². The Labute approximate surface area is 186 Å². The molecule has 0 saturated carbocycles. The van der Waals surface area contributed by atoms with Crippen LogP contribution in [0.2, 0.25) is 0 Å². The summed E-state index contributed by atoms with van der Waals surface area (Å²) >= 11 is 1.58. The lowest BCUT2D eigenvalue weighted by atomic mass is 10.1. The Morgan fingerprint density at radius 2 is 1.84 bits per heavy atom. The van der Waals surface area contributed by atoms with Gasteiger partial charge in [-0.25, -0.2) is 13.8 Å². The first kappa shape index (κ1) is 20.5. The van der Waals surface area contributed by atoms with E-state index in [0.717, 1.165) is 20.7 Å². The van der Waals surface area contributed by atoms with Gasteiger partial charge in [0.15, 0.2) is 17.5 Å². The van der Waals surface area contributed by atoms with Gasteiger partial charge in [-0.3, -0.25) is 0 Å². The monoisotopic (exact) mass is 454 g/mol. The Morgan fingerprint density at radius 1 is 1.09 bits per heavy atom. The minimum absolute atomic E-state index is 0.0989. The van der Waals surface area contributed by atoms with Crippen molar-refractivity contribution in [3.05, 3.63) is 53.0 Å². The minimum Gasteiger partial charge on any atom is -0.383 e. The van der Waals surface area contributed by atoms with Crippen LogP contribution in [0.25, 0.3) is 27.5 Å². The number of nitrogens with one attached hydrogen (secondary N) is 1. The molecule has 0 amide bonds. The van der Waals surface area contributed by atoms with Crippen LogP contribution < -0.4 is 16.0 Å². The van der Waals surface area contributed by atoms with Crippen molar-refractivity contribution in [1.82, 2.24) is 30.5 Å². The van der Waals surface area contributed by atoms with Crippen molar-refractivity contribution in [3.8, 4) is 27.5 Å². The minimum atomic E-state index is -1.02. The van der Waals surface area contributed by atoms with Gasteiger partial charge in [-0.05, 0) is 52.6 Å². The first-order valence-electron chi connectivity index (χ1n) is 10.1. The number of aryl methyl sites for hydroxylation is 1. The number of nitrogen functional groups attached to an aromatic ring is 1. The third-order valence-electron chi connectivity index (χ3n) is 5.37. The molecule has 5 rings (SSSR count). The summed E-state index contributed by atoms with van der Waals surface area (Å²) in [6.45, 7) is 4.64. The van der Waals surface area contributed by atoms with E-state index < -0.39 is 11.6 Å². The van der Waals surface area contributed by atoms with Gasteiger partial charge in [-0.15, -0.1) is 16.4 Å². The highest BCUT2D eigenvalue weighted by molar-refractivity contribution is 7.13. The lowest BCUT2D eigenvalue weighted by Crippen LogP contribution is -2.44. The number of hydrogen-bond acceptors (Lipinski definition) is 8. The Bertz CT molecular complexity index is 1280. The smallest absolute Gasteiger partial charge is 0.190 e. The lowest BCUT2D eigenvalue weighted by molar-refractivity contribution is 0.493. The molecule has 8 nitrogen and oxygen atoms in total. The van der Waals surface area contributed by atoms with Crippen molar-refractivity contribution < 1.29 is 8.78 Å². The fraction of sp³-hybridized carbons (Fsp3) is 0.238. The van der Waals surface area contributed by atoms with Gasteiger partial charge in [0.05, 0.1) is 11.3 Å². The van der Waals surface area contributed by atoms with Crippen LogP contribution in [0.1, 0.15) is 5.56 Å². The second kappa shape index (κ2) is 8.24. The summed E-state index contributed by atoms with van der Waals surface area (Å²) < 4.78 is 31.3. The van der Waals surface area contributed by atoms with E-state index in [-0.39, 0.29) is 23.0 Å². The fourth-order valence-corrected chi connectivity index (χ4v) is 4.61. The summed E-state index contributed by atoms with van der Waals surface area (Å²) in [5, 5.41) is 16.8. The highest BCUT2D eigenvalue weighted by Crippen LogP contribution is 2.33. The first-order valence-corrected chi connectivity index (χ1v) is 10.9. The lowest BCUT2D eigenvalue weighted by Gasteiger charge is -2.30. The molecule has 4 aromatic rings. The molecule has 1 aliphatic heterocycles. The number of tetrazole rings is 1. The van der Waals surface area contributed by atoms with Crippen LogP contribution in [0.15, 0.2) is 35.8 Å². The van der Waals surface area contributed by atoms with Crippen LogP contribution in [0.4, 0.5) is 20.3 Å². The topological polar surface area (TPSA) is 97.8 Å².